The van der Waals surface area contributed by atoms with E-state index in [0.717, 1.165) is 11.9 Å². The van der Waals surface area contributed by atoms with Crippen LogP contribution in [0.3, 0.4) is 0 Å². The van der Waals surface area contributed by atoms with Gasteiger partial charge in [-0.3, -0.25) is 29.2 Å². The Morgan fingerprint density at radius 2 is 2.24 bits per heavy atom. The SMILES string of the molecule is O=c1[nH]c(NSc2ccccc2[N+](=O)[O-])nc2c1ncn2C1CC(O)C(CO)O1. The Morgan fingerprint density at radius 3 is 2.97 bits per heavy atom. The molecule has 12 nitrogen and oxygen atoms in total. The summed E-state index contributed by atoms with van der Waals surface area (Å²) in [5.74, 6) is 0.0738. The van der Waals surface area contributed by atoms with E-state index in [9.17, 15) is 25.1 Å². The lowest BCUT2D eigenvalue weighted by Gasteiger charge is -2.13. The molecule has 29 heavy (non-hydrogen) atoms. The largest absolute Gasteiger partial charge is 0.394 e. The number of rotatable bonds is 6. The van der Waals surface area contributed by atoms with Gasteiger partial charge >= 0.3 is 0 Å². The Hall–Kier alpha value is -3.00. The summed E-state index contributed by atoms with van der Waals surface area (Å²) in [5.41, 5.74) is -0.287. The molecule has 1 aliphatic heterocycles. The summed E-state index contributed by atoms with van der Waals surface area (Å²) in [6.07, 6.45) is -0.637. The number of nitro groups is 1. The predicted molar refractivity (Wildman–Crippen MR) is 102 cm³/mol. The summed E-state index contributed by atoms with van der Waals surface area (Å²) in [6, 6.07) is 6.16. The Bertz CT molecular complexity index is 1120. The Kier molecular flexibility index (Phi) is 5.19. The number of imidazole rings is 1. The maximum Gasteiger partial charge on any atom is 0.284 e. The molecule has 3 heterocycles. The Balaban J connectivity index is 1.62. The van der Waals surface area contributed by atoms with Crippen molar-refractivity contribution in [2.45, 2.75) is 29.8 Å². The van der Waals surface area contributed by atoms with Crippen LogP contribution in [0.5, 0.6) is 0 Å². The van der Waals surface area contributed by atoms with Crippen LogP contribution in [-0.2, 0) is 4.74 Å². The molecule has 4 N–H and O–H groups in total. The first-order valence-corrected chi connectivity index (χ1v) is 9.37. The fraction of sp³-hybridized carbons (Fsp3) is 0.312. The van der Waals surface area contributed by atoms with Gasteiger partial charge in [0.2, 0.25) is 5.95 Å². The number of hydrogen-bond donors (Lipinski definition) is 4. The molecule has 3 unspecified atom stereocenters. The van der Waals surface area contributed by atoms with E-state index in [1.807, 2.05) is 0 Å². The smallest absolute Gasteiger partial charge is 0.284 e. The number of fused-ring (bicyclic) bond motifs is 1. The molecular weight excluding hydrogens is 404 g/mol. The highest BCUT2D eigenvalue weighted by atomic mass is 32.2. The fourth-order valence-corrected chi connectivity index (χ4v) is 3.73. The molecule has 0 aliphatic carbocycles. The van der Waals surface area contributed by atoms with Gasteiger partial charge in [0, 0.05) is 12.5 Å². The molecule has 1 fully saturated rings. The summed E-state index contributed by atoms with van der Waals surface area (Å²) in [5, 5.41) is 30.3. The highest BCUT2D eigenvalue weighted by Crippen LogP contribution is 2.31. The van der Waals surface area contributed by atoms with Gasteiger partial charge in [-0.15, -0.1) is 0 Å². The predicted octanol–water partition coefficient (Wildman–Crippen LogP) is 0.788. The Morgan fingerprint density at radius 1 is 1.45 bits per heavy atom. The van der Waals surface area contributed by atoms with Crippen molar-refractivity contribution >= 4 is 34.7 Å². The number of ether oxygens (including phenoxy) is 1. The standard InChI is InChI=1S/C16H16N6O6S/c23-6-10-9(24)5-12(28-10)21-7-17-13-14(21)18-16(19-15(13)25)20-29-11-4-2-1-3-8(11)22(26)27/h1-4,7,9-10,12,23-24H,5-6H2,(H2,18,19,20,25). The molecule has 1 saturated heterocycles. The molecule has 0 saturated carbocycles. The number of aromatic nitrogens is 4. The van der Waals surface area contributed by atoms with Gasteiger partial charge in [-0.25, -0.2) is 4.98 Å². The second kappa shape index (κ2) is 7.79. The zero-order chi connectivity index (χ0) is 20.5. The zero-order valence-electron chi connectivity index (χ0n) is 14.8. The number of aliphatic hydroxyl groups excluding tert-OH is 2. The van der Waals surface area contributed by atoms with Crippen LogP contribution in [0.4, 0.5) is 11.6 Å². The number of para-hydroxylation sites is 1. The van der Waals surface area contributed by atoms with Crippen molar-refractivity contribution in [3.05, 3.63) is 51.1 Å². The first-order valence-electron chi connectivity index (χ1n) is 8.55. The van der Waals surface area contributed by atoms with Crippen molar-refractivity contribution in [1.82, 2.24) is 19.5 Å². The fourth-order valence-electron chi connectivity index (χ4n) is 3.03. The molecule has 0 radical (unpaired) electrons. The van der Waals surface area contributed by atoms with E-state index in [4.69, 9.17) is 4.74 Å². The molecule has 152 valence electrons. The van der Waals surface area contributed by atoms with E-state index < -0.39 is 28.9 Å². The summed E-state index contributed by atoms with van der Waals surface area (Å²) < 4.78 is 9.90. The molecule has 2 aromatic heterocycles. The van der Waals surface area contributed by atoms with Crippen LogP contribution in [0.2, 0.25) is 0 Å². The van der Waals surface area contributed by atoms with Crippen LogP contribution in [-0.4, -0.2) is 53.5 Å². The number of nitrogens with one attached hydrogen (secondary N) is 2. The highest BCUT2D eigenvalue weighted by molar-refractivity contribution is 8.00. The minimum atomic E-state index is -0.851. The van der Waals surface area contributed by atoms with E-state index in [1.54, 1.807) is 18.2 Å². The maximum atomic E-state index is 12.3. The maximum absolute atomic E-state index is 12.3. The summed E-state index contributed by atoms with van der Waals surface area (Å²) in [4.78, 5) is 34.2. The molecule has 1 aromatic carbocycles. The molecule has 4 rings (SSSR count). The third-order valence-electron chi connectivity index (χ3n) is 4.45. The lowest BCUT2D eigenvalue weighted by molar-refractivity contribution is -0.387. The second-order valence-electron chi connectivity index (χ2n) is 6.28. The molecular formula is C16H16N6O6S. The molecule has 3 atom stereocenters. The topological polar surface area (TPSA) is 168 Å². The quantitative estimate of drug-likeness (QED) is 0.254. The van der Waals surface area contributed by atoms with E-state index in [1.165, 1.54) is 17.0 Å². The van der Waals surface area contributed by atoms with Gasteiger partial charge in [-0.1, -0.05) is 12.1 Å². The summed E-state index contributed by atoms with van der Waals surface area (Å²) in [6.45, 7) is -0.336. The lowest BCUT2D eigenvalue weighted by Crippen LogP contribution is -2.24. The minimum absolute atomic E-state index is 0.0738. The van der Waals surface area contributed by atoms with Gasteiger partial charge in [-0.2, -0.15) is 4.98 Å². The second-order valence-corrected chi connectivity index (χ2v) is 7.13. The number of aliphatic hydroxyl groups is 2. The van der Waals surface area contributed by atoms with Gasteiger partial charge in [0.15, 0.2) is 11.2 Å². The molecule has 0 amide bonds. The first kappa shape index (κ1) is 19.3. The van der Waals surface area contributed by atoms with Crippen molar-refractivity contribution in [3.63, 3.8) is 0 Å². The van der Waals surface area contributed by atoms with Crippen molar-refractivity contribution in [2.24, 2.45) is 0 Å². The summed E-state index contributed by atoms with van der Waals surface area (Å²) >= 11 is 0.933. The van der Waals surface area contributed by atoms with E-state index in [0.29, 0.717) is 4.90 Å². The van der Waals surface area contributed by atoms with Crippen molar-refractivity contribution in [3.8, 4) is 0 Å². The monoisotopic (exact) mass is 420 g/mol. The number of nitro benzene ring substituents is 1. The average Bonchev–Trinajstić information content (AvgIpc) is 3.29. The lowest BCUT2D eigenvalue weighted by atomic mass is 10.2. The normalized spacial score (nSPS) is 21.5. The van der Waals surface area contributed by atoms with Crippen LogP contribution >= 0.6 is 11.9 Å². The number of benzene rings is 1. The van der Waals surface area contributed by atoms with Crippen LogP contribution in [0, 0.1) is 10.1 Å². The molecule has 3 aromatic rings. The van der Waals surface area contributed by atoms with Crippen molar-refractivity contribution in [1.29, 1.82) is 0 Å². The number of hydrogen-bond acceptors (Lipinski definition) is 10. The third-order valence-corrected chi connectivity index (χ3v) is 5.31. The van der Waals surface area contributed by atoms with Gasteiger partial charge in [0.1, 0.15) is 17.2 Å². The van der Waals surface area contributed by atoms with Gasteiger partial charge in [0.05, 0.1) is 24.0 Å². The molecule has 0 spiro atoms. The van der Waals surface area contributed by atoms with E-state index in [-0.39, 0.29) is 35.8 Å². The average molecular weight is 420 g/mol. The van der Waals surface area contributed by atoms with Crippen LogP contribution in [0.1, 0.15) is 12.6 Å². The number of H-pyrrole nitrogens is 1. The minimum Gasteiger partial charge on any atom is -0.394 e. The van der Waals surface area contributed by atoms with Crippen LogP contribution in [0.25, 0.3) is 11.2 Å². The summed E-state index contributed by atoms with van der Waals surface area (Å²) in [7, 11) is 0. The zero-order valence-corrected chi connectivity index (χ0v) is 15.6. The molecule has 1 aliphatic rings. The number of anilines is 1. The Labute approximate surface area is 166 Å². The number of aromatic amines is 1. The van der Waals surface area contributed by atoms with Crippen molar-refractivity contribution < 1.29 is 19.9 Å². The highest BCUT2D eigenvalue weighted by Gasteiger charge is 2.35. The van der Waals surface area contributed by atoms with Gasteiger partial charge in [0.25, 0.3) is 11.2 Å². The molecule has 13 heteroatoms. The molecule has 0 bridgehead atoms. The number of nitrogens with zero attached hydrogens (tertiary/aromatic N) is 4. The third kappa shape index (κ3) is 3.67. The van der Waals surface area contributed by atoms with E-state index >= 15 is 0 Å². The van der Waals surface area contributed by atoms with Gasteiger partial charge in [-0.05, 0) is 18.0 Å². The first-order chi connectivity index (χ1) is 14.0. The van der Waals surface area contributed by atoms with Crippen LogP contribution in [0.15, 0.2) is 40.3 Å². The van der Waals surface area contributed by atoms with E-state index in [2.05, 4.69) is 19.7 Å². The van der Waals surface area contributed by atoms with Crippen molar-refractivity contribution in [2.75, 3.05) is 11.3 Å². The van der Waals surface area contributed by atoms with Crippen LogP contribution < -0.4 is 10.3 Å². The van der Waals surface area contributed by atoms with Gasteiger partial charge < -0.3 is 14.9 Å².